The zero-order valence-electron chi connectivity index (χ0n) is 17.1. The zero-order valence-corrected chi connectivity index (χ0v) is 18.7. The molecule has 0 spiro atoms. The minimum atomic E-state index is 0.418. The third-order valence-electron chi connectivity index (χ3n) is 4.51. The smallest absolute Gasteiger partial charge is 0.203 e. The van der Waals surface area contributed by atoms with Gasteiger partial charge in [-0.15, -0.1) is 6.42 Å². The maximum atomic E-state index is 10.0. The molecule has 0 saturated carbocycles. The molecule has 156 valence electrons. The van der Waals surface area contributed by atoms with E-state index in [0.29, 0.717) is 50.8 Å². The molecule has 7 nitrogen and oxygen atoms in total. The molecule has 0 N–H and O–H groups in total. The number of methoxy groups -OCH3 is 3. The predicted octanol–water partition coefficient (Wildman–Crippen LogP) is 3.32. The number of aromatic nitrogens is 2. The van der Waals surface area contributed by atoms with Crippen LogP contribution < -0.4 is 19.1 Å². The number of rotatable bonds is 7. The van der Waals surface area contributed by atoms with Crippen LogP contribution in [0.1, 0.15) is 5.56 Å². The Morgan fingerprint density at radius 3 is 2.33 bits per heavy atom. The fraction of sp³-hybridized carbons (Fsp3) is 0.381. The number of anilines is 1. The minimum absolute atomic E-state index is 0.418. The van der Waals surface area contributed by atoms with Gasteiger partial charge >= 0.3 is 0 Å². The molecule has 0 bridgehead atoms. The van der Waals surface area contributed by atoms with Crippen molar-refractivity contribution in [2.75, 3.05) is 56.6 Å². The SMILES string of the molecule is C#CCSc1nc(-c2cc(OC)c(OC)c(OC)c2)c(C#N)c(N2CCSCC2)n1. The van der Waals surface area contributed by atoms with Crippen LogP contribution in [0.4, 0.5) is 5.82 Å². The second-order valence-corrected chi connectivity index (χ2v) is 8.34. The lowest BCUT2D eigenvalue weighted by atomic mass is 10.0. The Bertz CT molecular complexity index is 970. The molecule has 0 unspecified atom stereocenters. The summed E-state index contributed by atoms with van der Waals surface area (Å²) in [5.41, 5.74) is 1.61. The van der Waals surface area contributed by atoms with E-state index in [-0.39, 0.29) is 0 Å². The van der Waals surface area contributed by atoms with Crippen molar-refractivity contribution in [2.45, 2.75) is 5.16 Å². The summed E-state index contributed by atoms with van der Waals surface area (Å²) in [6.45, 7) is 1.65. The molecule has 0 radical (unpaired) electrons. The molecule has 0 amide bonds. The summed E-state index contributed by atoms with van der Waals surface area (Å²) in [6.07, 6.45) is 5.43. The Morgan fingerprint density at radius 2 is 1.80 bits per heavy atom. The van der Waals surface area contributed by atoms with Crippen molar-refractivity contribution in [3.63, 3.8) is 0 Å². The lowest BCUT2D eigenvalue weighted by Crippen LogP contribution is -2.34. The molecule has 1 saturated heterocycles. The molecule has 1 fully saturated rings. The molecule has 0 atom stereocenters. The van der Waals surface area contributed by atoms with Gasteiger partial charge in [-0.25, -0.2) is 9.97 Å². The highest BCUT2D eigenvalue weighted by atomic mass is 32.2. The van der Waals surface area contributed by atoms with E-state index in [1.54, 1.807) is 33.5 Å². The topological polar surface area (TPSA) is 80.5 Å². The van der Waals surface area contributed by atoms with Crippen molar-refractivity contribution in [2.24, 2.45) is 0 Å². The molecule has 3 rings (SSSR count). The van der Waals surface area contributed by atoms with Crippen molar-refractivity contribution in [1.29, 1.82) is 5.26 Å². The Labute approximate surface area is 185 Å². The van der Waals surface area contributed by atoms with E-state index < -0.39 is 0 Å². The average Bonchev–Trinajstić information content (AvgIpc) is 2.81. The van der Waals surface area contributed by atoms with Crippen molar-refractivity contribution in [1.82, 2.24) is 9.97 Å². The first-order valence-corrected chi connectivity index (χ1v) is 11.3. The fourth-order valence-corrected chi connectivity index (χ4v) is 4.56. The number of benzene rings is 1. The lowest BCUT2D eigenvalue weighted by molar-refractivity contribution is 0.324. The predicted molar refractivity (Wildman–Crippen MR) is 121 cm³/mol. The van der Waals surface area contributed by atoms with Gasteiger partial charge in [-0.3, -0.25) is 0 Å². The van der Waals surface area contributed by atoms with Gasteiger partial charge in [0.2, 0.25) is 5.75 Å². The number of hydrogen-bond donors (Lipinski definition) is 0. The summed E-state index contributed by atoms with van der Waals surface area (Å²) >= 11 is 3.26. The summed E-state index contributed by atoms with van der Waals surface area (Å²) < 4.78 is 16.4. The second kappa shape index (κ2) is 10.3. The number of thioether (sulfide) groups is 2. The molecular weight excluding hydrogens is 420 g/mol. The van der Waals surface area contributed by atoms with Crippen LogP contribution in [0.5, 0.6) is 17.2 Å². The summed E-state index contributed by atoms with van der Waals surface area (Å²) in [7, 11) is 4.65. The summed E-state index contributed by atoms with van der Waals surface area (Å²) in [4.78, 5) is 11.5. The monoisotopic (exact) mass is 442 g/mol. The van der Waals surface area contributed by atoms with Crippen molar-refractivity contribution < 1.29 is 14.2 Å². The highest BCUT2D eigenvalue weighted by molar-refractivity contribution is 7.99. The van der Waals surface area contributed by atoms with Gasteiger partial charge < -0.3 is 19.1 Å². The van der Waals surface area contributed by atoms with Crippen LogP contribution in [0.2, 0.25) is 0 Å². The highest BCUT2D eigenvalue weighted by Crippen LogP contribution is 2.42. The van der Waals surface area contributed by atoms with E-state index >= 15 is 0 Å². The molecular formula is C21H22N4O3S2. The number of ether oxygens (including phenoxy) is 3. The zero-order chi connectivity index (χ0) is 21.5. The largest absolute Gasteiger partial charge is 0.493 e. The quantitative estimate of drug-likeness (QED) is 0.364. The van der Waals surface area contributed by atoms with Gasteiger partial charge in [0.25, 0.3) is 0 Å². The molecule has 1 aliphatic heterocycles. The molecule has 2 heterocycles. The van der Waals surface area contributed by atoms with Crippen molar-refractivity contribution in [3.05, 3.63) is 17.7 Å². The molecule has 9 heteroatoms. The van der Waals surface area contributed by atoms with Gasteiger partial charge in [-0.05, 0) is 12.1 Å². The third-order valence-corrected chi connectivity index (χ3v) is 6.21. The highest BCUT2D eigenvalue weighted by Gasteiger charge is 2.24. The number of nitriles is 1. The number of terminal acetylenes is 1. The molecule has 0 aliphatic carbocycles. The van der Waals surface area contributed by atoms with E-state index in [1.807, 2.05) is 11.8 Å². The summed E-state index contributed by atoms with van der Waals surface area (Å²) in [5.74, 6) is 7.11. The van der Waals surface area contributed by atoms with Gasteiger partial charge in [-0.1, -0.05) is 17.7 Å². The van der Waals surface area contributed by atoms with Crippen LogP contribution in [0.25, 0.3) is 11.3 Å². The van der Waals surface area contributed by atoms with E-state index in [2.05, 4.69) is 26.9 Å². The van der Waals surface area contributed by atoms with Gasteiger partial charge in [0.05, 0.1) is 32.8 Å². The number of nitrogens with zero attached hydrogens (tertiary/aromatic N) is 4. The standard InChI is InChI=1S/C21H22N4O3S2/c1-5-8-30-21-23-18(14-11-16(26-2)19(28-4)17(12-14)27-3)15(13-22)20(24-21)25-6-9-29-10-7-25/h1,11-12H,6-10H2,2-4H3. The average molecular weight is 443 g/mol. The third kappa shape index (κ3) is 4.53. The van der Waals surface area contributed by atoms with Crippen LogP contribution in [0.15, 0.2) is 17.3 Å². The van der Waals surface area contributed by atoms with Crippen LogP contribution >= 0.6 is 23.5 Å². The van der Waals surface area contributed by atoms with Gasteiger partial charge in [0, 0.05) is 30.2 Å². The van der Waals surface area contributed by atoms with Crippen LogP contribution in [-0.2, 0) is 0 Å². The summed E-state index contributed by atoms with van der Waals surface area (Å²) in [5, 5.41) is 10.6. The Kier molecular flexibility index (Phi) is 7.56. The van der Waals surface area contributed by atoms with Crippen LogP contribution in [0, 0.1) is 23.7 Å². The molecule has 1 aliphatic rings. The fourth-order valence-electron chi connectivity index (χ4n) is 3.13. The Morgan fingerprint density at radius 1 is 1.13 bits per heavy atom. The van der Waals surface area contributed by atoms with Crippen molar-refractivity contribution in [3.8, 4) is 46.9 Å². The maximum absolute atomic E-state index is 10.0. The minimum Gasteiger partial charge on any atom is -0.493 e. The number of hydrogen-bond acceptors (Lipinski definition) is 9. The second-order valence-electron chi connectivity index (χ2n) is 6.17. The van der Waals surface area contributed by atoms with Crippen molar-refractivity contribution >= 4 is 29.3 Å². The molecule has 2 aromatic rings. The first kappa shape index (κ1) is 21.9. The van der Waals surface area contributed by atoms with E-state index in [1.165, 1.54) is 11.8 Å². The first-order chi connectivity index (χ1) is 14.7. The normalized spacial score (nSPS) is 13.3. The van der Waals surface area contributed by atoms with Gasteiger partial charge in [0.1, 0.15) is 11.6 Å². The Hall–Kier alpha value is -2.75. The lowest BCUT2D eigenvalue weighted by Gasteiger charge is -2.28. The van der Waals surface area contributed by atoms with Crippen LogP contribution in [0.3, 0.4) is 0 Å². The van der Waals surface area contributed by atoms with E-state index in [9.17, 15) is 5.26 Å². The van der Waals surface area contributed by atoms with Gasteiger partial charge in [-0.2, -0.15) is 17.0 Å². The van der Waals surface area contributed by atoms with E-state index in [4.69, 9.17) is 20.6 Å². The van der Waals surface area contributed by atoms with E-state index in [0.717, 1.165) is 24.6 Å². The molecule has 30 heavy (non-hydrogen) atoms. The maximum Gasteiger partial charge on any atom is 0.203 e. The van der Waals surface area contributed by atoms with Gasteiger partial charge in [0.15, 0.2) is 22.5 Å². The first-order valence-electron chi connectivity index (χ1n) is 9.18. The Balaban J connectivity index is 2.22. The molecule has 1 aromatic carbocycles. The van der Waals surface area contributed by atoms with Crippen LogP contribution in [-0.4, -0.2) is 61.6 Å². The summed E-state index contributed by atoms with van der Waals surface area (Å²) in [6, 6.07) is 5.89. The molecule has 1 aromatic heterocycles.